The lowest BCUT2D eigenvalue weighted by molar-refractivity contribution is -0.142. The molecule has 1 N–H and O–H groups in total. The molecule has 0 saturated carbocycles. The fraction of sp³-hybridized carbons (Fsp3) is 0.808. The van der Waals surface area contributed by atoms with Gasteiger partial charge in [-0.2, -0.15) is 0 Å². The topological polar surface area (TPSA) is 79.0 Å². The Labute approximate surface area is 201 Å². The molecule has 0 spiro atoms. The summed E-state index contributed by atoms with van der Waals surface area (Å²) in [6.45, 7) is 18.8. The van der Waals surface area contributed by atoms with E-state index in [2.05, 4.69) is 24.1 Å². The number of hydrogen-bond donors (Lipinski definition) is 1. The smallest absolute Gasteiger partial charge is 0.333 e. The summed E-state index contributed by atoms with van der Waals surface area (Å²) < 4.78 is 5.10. The van der Waals surface area contributed by atoms with Crippen molar-refractivity contribution in [3.05, 3.63) is 11.6 Å². The Morgan fingerprint density at radius 2 is 1.76 bits per heavy atom. The van der Waals surface area contributed by atoms with Gasteiger partial charge in [-0.25, -0.2) is 4.79 Å². The molecule has 1 aliphatic heterocycles. The van der Waals surface area contributed by atoms with Crippen LogP contribution in [0.15, 0.2) is 11.6 Å². The van der Waals surface area contributed by atoms with E-state index in [9.17, 15) is 14.4 Å². The summed E-state index contributed by atoms with van der Waals surface area (Å²) in [6.07, 6.45) is 4.71. The van der Waals surface area contributed by atoms with Gasteiger partial charge in [-0.1, -0.05) is 47.1 Å². The molecule has 0 bridgehead atoms. The van der Waals surface area contributed by atoms with Crippen molar-refractivity contribution in [2.24, 2.45) is 11.3 Å². The molecule has 1 saturated heterocycles. The number of hydrogen-bond acceptors (Lipinski definition) is 5. The standard InChI is InChI=1S/C26H47N3O4/c1-11-33-25(32)19(6)16-21(17(2)3)28(10)24(31)22(26(7,8)9)27-23(30)20-14-12-13-15-29(20)18(4)5/h16-18,20-22H,11-15H2,1-10H3,(H,27,30)/b19-16+/t20-,21?,22+/m1/s1. The van der Waals surface area contributed by atoms with Crippen LogP contribution in [0.5, 0.6) is 0 Å². The van der Waals surface area contributed by atoms with E-state index in [-0.39, 0.29) is 41.8 Å². The zero-order chi connectivity index (χ0) is 25.5. The zero-order valence-corrected chi connectivity index (χ0v) is 22.5. The summed E-state index contributed by atoms with van der Waals surface area (Å²) in [6, 6.07) is -0.920. The molecule has 190 valence electrons. The maximum Gasteiger partial charge on any atom is 0.333 e. The summed E-state index contributed by atoms with van der Waals surface area (Å²) in [5, 5.41) is 3.10. The third kappa shape index (κ3) is 8.13. The first-order valence-corrected chi connectivity index (χ1v) is 12.4. The Balaban J connectivity index is 3.15. The second-order valence-corrected chi connectivity index (χ2v) is 10.9. The van der Waals surface area contributed by atoms with Crippen LogP contribution in [-0.2, 0) is 19.1 Å². The summed E-state index contributed by atoms with van der Waals surface area (Å²) >= 11 is 0. The lowest BCUT2D eigenvalue weighted by atomic mass is 9.84. The van der Waals surface area contributed by atoms with Gasteiger partial charge in [0.15, 0.2) is 0 Å². The number of piperidine rings is 1. The largest absolute Gasteiger partial charge is 0.463 e. The number of ether oxygens (including phenoxy) is 1. The third-order valence-electron chi connectivity index (χ3n) is 6.41. The number of rotatable bonds is 9. The van der Waals surface area contributed by atoms with E-state index >= 15 is 0 Å². The van der Waals surface area contributed by atoms with Crippen LogP contribution >= 0.6 is 0 Å². The van der Waals surface area contributed by atoms with Crippen molar-refractivity contribution < 1.29 is 19.1 Å². The van der Waals surface area contributed by atoms with Gasteiger partial charge < -0.3 is 15.0 Å². The Kier molecular flexibility index (Phi) is 11.1. The highest BCUT2D eigenvalue weighted by Gasteiger charge is 2.39. The van der Waals surface area contributed by atoms with Gasteiger partial charge in [0, 0.05) is 18.7 Å². The molecule has 0 radical (unpaired) electrons. The van der Waals surface area contributed by atoms with Crippen molar-refractivity contribution >= 4 is 17.8 Å². The van der Waals surface area contributed by atoms with Crippen LogP contribution in [0, 0.1) is 11.3 Å². The normalized spacial score (nSPS) is 19.9. The second kappa shape index (κ2) is 12.5. The molecule has 7 nitrogen and oxygen atoms in total. The molecule has 0 aliphatic carbocycles. The zero-order valence-electron chi connectivity index (χ0n) is 22.5. The van der Waals surface area contributed by atoms with Gasteiger partial charge >= 0.3 is 5.97 Å². The van der Waals surface area contributed by atoms with Gasteiger partial charge in [-0.15, -0.1) is 0 Å². The van der Waals surface area contributed by atoms with Crippen LogP contribution in [0.2, 0.25) is 0 Å². The van der Waals surface area contributed by atoms with E-state index in [0.29, 0.717) is 12.2 Å². The Morgan fingerprint density at radius 1 is 1.15 bits per heavy atom. The van der Waals surface area contributed by atoms with E-state index in [4.69, 9.17) is 4.74 Å². The highest BCUT2D eigenvalue weighted by molar-refractivity contribution is 5.91. The van der Waals surface area contributed by atoms with Crippen molar-refractivity contribution in [2.75, 3.05) is 20.2 Å². The number of esters is 1. The lowest BCUT2D eigenvalue weighted by Crippen LogP contribution is -2.60. The number of carbonyl (C=O) groups excluding carboxylic acids is 3. The van der Waals surface area contributed by atoms with Crippen LogP contribution in [0.1, 0.15) is 81.6 Å². The molecule has 1 rings (SSSR count). The average molecular weight is 466 g/mol. The molecule has 7 heteroatoms. The second-order valence-electron chi connectivity index (χ2n) is 10.9. The molecule has 1 aliphatic rings. The summed E-state index contributed by atoms with van der Waals surface area (Å²) in [5.41, 5.74) is 0.000989. The molecule has 0 aromatic rings. The predicted octanol–water partition coefficient (Wildman–Crippen LogP) is 3.77. The fourth-order valence-electron chi connectivity index (χ4n) is 4.41. The van der Waals surface area contributed by atoms with Crippen LogP contribution in [0.25, 0.3) is 0 Å². The molecule has 0 aromatic carbocycles. The number of likely N-dealkylation sites (tertiary alicyclic amines) is 1. The lowest BCUT2D eigenvalue weighted by Gasteiger charge is -2.41. The highest BCUT2D eigenvalue weighted by atomic mass is 16.5. The van der Waals surface area contributed by atoms with Gasteiger partial charge in [0.1, 0.15) is 6.04 Å². The van der Waals surface area contributed by atoms with Crippen molar-refractivity contribution in [1.82, 2.24) is 15.1 Å². The average Bonchev–Trinajstić information content (AvgIpc) is 2.73. The first-order chi connectivity index (χ1) is 15.2. The Hall–Kier alpha value is -1.89. The summed E-state index contributed by atoms with van der Waals surface area (Å²) in [7, 11) is 1.74. The minimum absolute atomic E-state index is 0.0782. The molecular formula is C26H47N3O4. The first kappa shape index (κ1) is 29.1. The van der Waals surface area contributed by atoms with E-state index in [1.165, 1.54) is 0 Å². The number of nitrogens with zero attached hydrogens (tertiary/aromatic N) is 2. The monoisotopic (exact) mass is 465 g/mol. The van der Waals surface area contributed by atoms with Crippen LogP contribution in [-0.4, -0.2) is 72.0 Å². The predicted molar refractivity (Wildman–Crippen MR) is 133 cm³/mol. The van der Waals surface area contributed by atoms with Gasteiger partial charge in [0.05, 0.1) is 18.7 Å². The highest BCUT2D eigenvalue weighted by Crippen LogP contribution is 2.26. The molecule has 1 fully saturated rings. The molecule has 0 aromatic heterocycles. The SMILES string of the molecule is CCOC(=O)/C(C)=C/C(C(C)C)N(C)C(=O)[C@H](NC(=O)[C@H]1CCCCN1C(C)C)C(C)(C)C. The minimum atomic E-state index is -0.677. The van der Waals surface area contributed by atoms with Gasteiger partial charge in [-0.05, 0) is 58.4 Å². The van der Waals surface area contributed by atoms with E-state index in [1.54, 1.807) is 31.9 Å². The minimum Gasteiger partial charge on any atom is -0.463 e. The Morgan fingerprint density at radius 3 is 2.24 bits per heavy atom. The van der Waals surface area contributed by atoms with Crippen LogP contribution in [0.4, 0.5) is 0 Å². The summed E-state index contributed by atoms with van der Waals surface area (Å²) in [4.78, 5) is 43.1. The quantitative estimate of drug-likeness (QED) is 0.414. The summed E-state index contributed by atoms with van der Waals surface area (Å²) in [5.74, 6) is -0.538. The van der Waals surface area contributed by atoms with Gasteiger partial charge in [-0.3, -0.25) is 14.5 Å². The molecule has 33 heavy (non-hydrogen) atoms. The number of carbonyl (C=O) groups is 3. The van der Waals surface area contributed by atoms with E-state index in [1.807, 2.05) is 34.6 Å². The number of nitrogens with one attached hydrogen (secondary N) is 1. The maximum atomic E-state index is 13.7. The molecule has 2 amide bonds. The van der Waals surface area contributed by atoms with E-state index < -0.39 is 11.5 Å². The molecule has 3 atom stereocenters. The van der Waals surface area contributed by atoms with Crippen molar-refractivity contribution in [3.8, 4) is 0 Å². The van der Waals surface area contributed by atoms with Gasteiger partial charge in [0.2, 0.25) is 11.8 Å². The number of likely N-dealkylation sites (N-methyl/N-ethyl adjacent to an activating group) is 1. The first-order valence-electron chi connectivity index (χ1n) is 12.4. The van der Waals surface area contributed by atoms with Crippen molar-refractivity contribution in [1.29, 1.82) is 0 Å². The van der Waals surface area contributed by atoms with E-state index in [0.717, 1.165) is 25.8 Å². The third-order valence-corrected chi connectivity index (χ3v) is 6.41. The maximum absolute atomic E-state index is 13.7. The molecule has 1 heterocycles. The van der Waals surface area contributed by atoms with Crippen LogP contribution < -0.4 is 5.32 Å². The van der Waals surface area contributed by atoms with Crippen molar-refractivity contribution in [3.63, 3.8) is 0 Å². The van der Waals surface area contributed by atoms with Gasteiger partial charge in [0.25, 0.3) is 0 Å². The van der Waals surface area contributed by atoms with Crippen LogP contribution in [0.3, 0.4) is 0 Å². The molecule has 1 unspecified atom stereocenters. The molecular weight excluding hydrogens is 418 g/mol. The van der Waals surface area contributed by atoms with Crippen molar-refractivity contribution in [2.45, 2.75) is 106 Å². The number of amides is 2. The fourth-order valence-corrected chi connectivity index (χ4v) is 4.41. The Bertz CT molecular complexity index is 709.